The molecule has 2 amide bonds. The standard InChI is InChI=1S/C16H12BrClN2O2S2/c1-6-7(2)23-16(11(6)14(19)21)20-15(22)13-12(18)9-4-3-8(17)5-10(9)24-13/h3-5H,1-2H3,(H2,19,21)(H,20,22). The van der Waals surface area contributed by atoms with E-state index in [1.165, 1.54) is 22.7 Å². The number of halogens is 2. The first-order chi connectivity index (χ1) is 11.3. The van der Waals surface area contributed by atoms with Crippen LogP contribution < -0.4 is 11.1 Å². The molecule has 0 bridgehead atoms. The van der Waals surface area contributed by atoms with Crippen LogP contribution in [0.5, 0.6) is 0 Å². The molecule has 0 saturated carbocycles. The minimum Gasteiger partial charge on any atom is -0.365 e. The summed E-state index contributed by atoms with van der Waals surface area (Å²) in [6.45, 7) is 3.69. The van der Waals surface area contributed by atoms with Crippen molar-refractivity contribution >= 4 is 77.1 Å². The van der Waals surface area contributed by atoms with Crippen molar-refractivity contribution in [2.45, 2.75) is 13.8 Å². The largest absolute Gasteiger partial charge is 0.365 e. The van der Waals surface area contributed by atoms with Crippen molar-refractivity contribution in [2.24, 2.45) is 5.73 Å². The number of amides is 2. The van der Waals surface area contributed by atoms with Crippen LogP contribution in [0.4, 0.5) is 5.00 Å². The number of aryl methyl sites for hydroxylation is 1. The summed E-state index contributed by atoms with van der Waals surface area (Å²) >= 11 is 12.4. The molecule has 0 aliphatic heterocycles. The van der Waals surface area contributed by atoms with Crippen LogP contribution in [0.2, 0.25) is 5.02 Å². The van der Waals surface area contributed by atoms with Gasteiger partial charge in [0.05, 0.1) is 10.6 Å². The Kier molecular flexibility index (Phi) is 4.70. The molecule has 0 saturated heterocycles. The lowest BCUT2D eigenvalue weighted by Crippen LogP contribution is -2.17. The number of benzene rings is 1. The fourth-order valence-corrected chi connectivity index (χ4v) is 5.38. The van der Waals surface area contributed by atoms with Gasteiger partial charge in [-0.2, -0.15) is 0 Å². The topological polar surface area (TPSA) is 72.2 Å². The zero-order chi connectivity index (χ0) is 17.6. The normalized spacial score (nSPS) is 11.0. The molecule has 8 heteroatoms. The van der Waals surface area contributed by atoms with Gasteiger partial charge in [-0.1, -0.05) is 33.6 Å². The average molecular weight is 444 g/mol. The first-order valence-corrected chi connectivity index (χ1v) is 9.68. The molecule has 0 aliphatic rings. The quantitative estimate of drug-likeness (QED) is 0.573. The van der Waals surface area contributed by atoms with Crippen LogP contribution in [0, 0.1) is 13.8 Å². The molecule has 3 rings (SSSR count). The van der Waals surface area contributed by atoms with Gasteiger partial charge in [0.1, 0.15) is 9.88 Å². The Morgan fingerprint density at radius 3 is 2.62 bits per heavy atom. The van der Waals surface area contributed by atoms with Gasteiger partial charge in [0.2, 0.25) is 0 Å². The molecule has 0 fully saturated rings. The van der Waals surface area contributed by atoms with Gasteiger partial charge in [-0.15, -0.1) is 22.7 Å². The predicted molar refractivity (Wildman–Crippen MR) is 105 cm³/mol. The zero-order valence-electron chi connectivity index (χ0n) is 12.7. The van der Waals surface area contributed by atoms with Gasteiger partial charge in [0.15, 0.2) is 0 Å². The van der Waals surface area contributed by atoms with E-state index in [1.54, 1.807) is 0 Å². The van der Waals surface area contributed by atoms with Gasteiger partial charge in [-0.25, -0.2) is 0 Å². The zero-order valence-corrected chi connectivity index (χ0v) is 16.7. The van der Waals surface area contributed by atoms with Crippen molar-refractivity contribution in [1.29, 1.82) is 0 Å². The summed E-state index contributed by atoms with van der Waals surface area (Å²) in [6, 6.07) is 5.65. The lowest BCUT2D eigenvalue weighted by Gasteiger charge is -2.04. The van der Waals surface area contributed by atoms with Crippen LogP contribution in [0.25, 0.3) is 10.1 Å². The van der Waals surface area contributed by atoms with Gasteiger partial charge in [-0.3, -0.25) is 9.59 Å². The molecule has 0 spiro atoms. The highest BCUT2D eigenvalue weighted by atomic mass is 79.9. The molecular formula is C16H12BrClN2O2S2. The smallest absolute Gasteiger partial charge is 0.267 e. The number of hydrogen-bond acceptors (Lipinski definition) is 4. The van der Waals surface area contributed by atoms with Gasteiger partial charge in [0, 0.05) is 19.4 Å². The van der Waals surface area contributed by atoms with Crippen molar-refractivity contribution in [3.63, 3.8) is 0 Å². The predicted octanol–water partition coefficient (Wildman–Crippen LogP) is 5.35. The summed E-state index contributed by atoms with van der Waals surface area (Å²) in [5.74, 6) is -0.903. The van der Waals surface area contributed by atoms with Gasteiger partial charge in [0.25, 0.3) is 11.8 Å². The number of thiophene rings is 2. The minimum absolute atomic E-state index is 0.346. The van der Waals surface area contributed by atoms with E-state index in [0.717, 1.165) is 25.0 Å². The molecule has 124 valence electrons. The van der Waals surface area contributed by atoms with E-state index in [0.29, 0.717) is 20.5 Å². The number of nitrogens with two attached hydrogens (primary N) is 1. The fourth-order valence-electron chi connectivity index (χ4n) is 2.36. The van der Waals surface area contributed by atoms with Crippen molar-refractivity contribution < 1.29 is 9.59 Å². The molecule has 1 aromatic carbocycles. The Hall–Kier alpha value is -1.41. The number of fused-ring (bicyclic) bond motifs is 1. The van der Waals surface area contributed by atoms with Crippen LogP contribution >= 0.6 is 50.2 Å². The molecule has 3 N–H and O–H groups in total. The fraction of sp³-hybridized carbons (Fsp3) is 0.125. The third-order valence-electron chi connectivity index (χ3n) is 3.66. The summed E-state index contributed by atoms with van der Waals surface area (Å²) in [5.41, 5.74) is 6.58. The third-order valence-corrected chi connectivity index (χ3v) is 6.93. The number of carbonyl (C=O) groups excluding carboxylic acids is 2. The molecule has 2 heterocycles. The van der Waals surface area contributed by atoms with E-state index in [4.69, 9.17) is 17.3 Å². The van der Waals surface area contributed by atoms with E-state index < -0.39 is 5.91 Å². The Bertz CT molecular complexity index is 994. The molecule has 0 atom stereocenters. The summed E-state index contributed by atoms with van der Waals surface area (Å²) < 4.78 is 1.83. The molecular weight excluding hydrogens is 432 g/mol. The second-order valence-electron chi connectivity index (χ2n) is 5.19. The van der Waals surface area contributed by atoms with E-state index in [2.05, 4.69) is 21.2 Å². The number of nitrogens with one attached hydrogen (secondary N) is 1. The molecule has 0 unspecified atom stereocenters. The number of rotatable bonds is 3. The third kappa shape index (κ3) is 2.97. The van der Waals surface area contributed by atoms with Crippen LogP contribution in [-0.2, 0) is 0 Å². The van der Waals surface area contributed by atoms with E-state index in [9.17, 15) is 9.59 Å². The molecule has 24 heavy (non-hydrogen) atoms. The highest BCUT2D eigenvalue weighted by Gasteiger charge is 2.22. The van der Waals surface area contributed by atoms with Crippen LogP contribution in [-0.4, -0.2) is 11.8 Å². The molecule has 3 aromatic rings. The lowest BCUT2D eigenvalue weighted by atomic mass is 10.1. The molecule has 4 nitrogen and oxygen atoms in total. The minimum atomic E-state index is -0.557. The highest BCUT2D eigenvalue weighted by Crippen LogP contribution is 2.38. The Balaban J connectivity index is 2.01. The Morgan fingerprint density at radius 1 is 1.25 bits per heavy atom. The van der Waals surface area contributed by atoms with Crippen LogP contribution in [0.15, 0.2) is 22.7 Å². The summed E-state index contributed by atoms with van der Waals surface area (Å²) in [4.78, 5) is 25.7. The molecule has 2 aromatic heterocycles. The van der Waals surface area contributed by atoms with Gasteiger partial charge < -0.3 is 11.1 Å². The lowest BCUT2D eigenvalue weighted by molar-refractivity contribution is 0.100. The van der Waals surface area contributed by atoms with Crippen LogP contribution in [0.1, 0.15) is 30.5 Å². The van der Waals surface area contributed by atoms with Crippen molar-refractivity contribution in [3.8, 4) is 0 Å². The average Bonchev–Trinajstić information content (AvgIpc) is 2.96. The van der Waals surface area contributed by atoms with Crippen molar-refractivity contribution in [3.05, 3.63) is 48.6 Å². The Morgan fingerprint density at radius 2 is 1.96 bits per heavy atom. The molecule has 0 aliphatic carbocycles. The van der Waals surface area contributed by atoms with Gasteiger partial charge >= 0.3 is 0 Å². The second-order valence-corrected chi connectivity index (χ2v) is 8.76. The maximum absolute atomic E-state index is 12.6. The number of hydrogen-bond donors (Lipinski definition) is 2. The highest BCUT2D eigenvalue weighted by molar-refractivity contribution is 9.10. The van der Waals surface area contributed by atoms with Crippen LogP contribution in [0.3, 0.4) is 0 Å². The van der Waals surface area contributed by atoms with Crippen molar-refractivity contribution in [1.82, 2.24) is 0 Å². The van der Waals surface area contributed by atoms with Crippen molar-refractivity contribution in [2.75, 3.05) is 5.32 Å². The Labute approximate surface area is 159 Å². The number of anilines is 1. The van der Waals surface area contributed by atoms with E-state index in [-0.39, 0.29) is 5.91 Å². The molecule has 0 radical (unpaired) electrons. The first kappa shape index (κ1) is 17.4. The second kappa shape index (κ2) is 6.48. The first-order valence-electron chi connectivity index (χ1n) is 6.88. The number of carbonyl (C=O) groups is 2. The monoisotopic (exact) mass is 442 g/mol. The maximum atomic E-state index is 12.6. The van der Waals surface area contributed by atoms with Gasteiger partial charge in [-0.05, 0) is 31.5 Å². The van der Waals surface area contributed by atoms with E-state index >= 15 is 0 Å². The summed E-state index contributed by atoms with van der Waals surface area (Å²) in [7, 11) is 0. The maximum Gasteiger partial charge on any atom is 0.267 e. The summed E-state index contributed by atoms with van der Waals surface area (Å²) in [5, 5.41) is 4.47. The summed E-state index contributed by atoms with van der Waals surface area (Å²) in [6.07, 6.45) is 0. The van der Waals surface area contributed by atoms with E-state index in [1.807, 2.05) is 32.0 Å². The SMILES string of the molecule is Cc1sc(NC(=O)c2sc3cc(Br)ccc3c2Cl)c(C(N)=O)c1C. The number of primary amides is 1.